The molecule has 2 aliphatic rings. The zero-order chi connectivity index (χ0) is 11.9. The largest absolute Gasteiger partial charge is 0.572 e. The summed E-state index contributed by atoms with van der Waals surface area (Å²) in [6.07, 6.45) is -2.69. The molecular weight excluding hydrogens is 227 g/mol. The number of ether oxygens (including phenoxy) is 1. The fourth-order valence-corrected chi connectivity index (χ4v) is 1.62. The topological polar surface area (TPSA) is 55.4 Å². The molecule has 0 radical (unpaired) electrons. The summed E-state index contributed by atoms with van der Waals surface area (Å²) in [6, 6.07) is -0.706. The normalized spacial score (nSPS) is 24.6. The third-order valence-electron chi connectivity index (χ3n) is 2.25. The fourth-order valence-electron chi connectivity index (χ4n) is 1.62. The minimum Gasteiger partial charge on any atom is -0.410 e. The number of carbonyl (C=O) groups excluding carboxylic acids is 2. The van der Waals surface area contributed by atoms with Crippen LogP contribution in [0.15, 0.2) is 23.5 Å². The molecule has 1 aliphatic heterocycles. The molecule has 1 saturated heterocycles. The summed E-state index contributed by atoms with van der Waals surface area (Å²) in [5.74, 6) is -1.82. The number of alkyl halides is 3. The number of hydrogen-bond acceptors (Lipinski definition) is 3. The number of carbonyl (C=O) groups is 2. The molecule has 0 bridgehead atoms. The summed E-state index contributed by atoms with van der Waals surface area (Å²) in [5, 5.41) is 2.28. The van der Waals surface area contributed by atoms with Gasteiger partial charge in [0.15, 0.2) is 0 Å². The predicted molar refractivity (Wildman–Crippen MR) is 44.9 cm³/mol. The smallest absolute Gasteiger partial charge is 0.410 e. The van der Waals surface area contributed by atoms with Gasteiger partial charge in [0, 0.05) is 12.0 Å². The van der Waals surface area contributed by atoms with Crippen LogP contribution in [0, 0.1) is 0 Å². The van der Waals surface area contributed by atoms with Crippen molar-refractivity contribution in [1.29, 1.82) is 0 Å². The average molecular weight is 233 g/mol. The van der Waals surface area contributed by atoms with Crippen molar-refractivity contribution in [3.05, 3.63) is 23.5 Å². The van der Waals surface area contributed by atoms with E-state index in [0.717, 1.165) is 6.08 Å². The highest BCUT2D eigenvalue weighted by Crippen LogP contribution is 2.29. The zero-order valence-corrected chi connectivity index (χ0v) is 7.80. The number of ketones is 1. The number of nitrogens with one attached hydrogen (secondary N) is 1. The van der Waals surface area contributed by atoms with Gasteiger partial charge in [-0.2, -0.15) is 0 Å². The molecule has 0 saturated carbocycles. The second-order valence-corrected chi connectivity index (χ2v) is 3.36. The number of rotatable bonds is 1. The first-order valence-electron chi connectivity index (χ1n) is 4.38. The van der Waals surface area contributed by atoms with Crippen molar-refractivity contribution in [2.24, 2.45) is 0 Å². The Labute approximate surface area is 87.8 Å². The highest BCUT2D eigenvalue weighted by atomic mass is 19.4. The van der Waals surface area contributed by atoms with Gasteiger partial charge in [-0.1, -0.05) is 0 Å². The van der Waals surface area contributed by atoms with E-state index >= 15 is 0 Å². The molecule has 1 atom stereocenters. The van der Waals surface area contributed by atoms with Crippen LogP contribution in [0.25, 0.3) is 0 Å². The Morgan fingerprint density at radius 3 is 2.62 bits per heavy atom. The van der Waals surface area contributed by atoms with Crippen LogP contribution in [0.4, 0.5) is 13.2 Å². The van der Waals surface area contributed by atoms with Crippen molar-refractivity contribution in [3.8, 4) is 0 Å². The lowest BCUT2D eigenvalue weighted by atomic mass is 9.98. The Bertz CT molecular complexity index is 422. The van der Waals surface area contributed by atoms with E-state index in [9.17, 15) is 22.8 Å². The van der Waals surface area contributed by atoms with Gasteiger partial charge in [-0.25, -0.2) is 0 Å². The number of hydrogen-bond donors (Lipinski definition) is 1. The Hall–Kier alpha value is -1.79. The highest BCUT2D eigenvalue weighted by molar-refractivity contribution is 6.45. The van der Waals surface area contributed by atoms with Crippen LogP contribution in [-0.2, 0) is 14.3 Å². The molecule has 1 heterocycles. The maximum Gasteiger partial charge on any atom is 0.572 e. The van der Waals surface area contributed by atoms with E-state index in [1.165, 1.54) is 6.08 Å². The average Bonchev–Trinajstić information content (AvgIpc) is 2.40. The van der Waals surface area contributed by atoms with Gasteiger partial charge in [0.2, 0.25) is 5.78 Å². The van der Waals surface area contributed by atoms with Gasteiger partial charge in [-0.3, -0.25) is 9.59 Å². The maximum atomic E-state index is 11.9. The quantitative estimate of drug-likeness (QED) is 0.681. The molecule has 7 heteroatoms. The molecule has 1 fully saturated rings. The lowest BCUT2D eigenvalue weighted by Crippen LogP contribution is -2.29. The first-order valence-corrected chi connectivity index (χ1v) is 4.38. The second-order valence-electron chi connectivity index (χ2n) is 3.36. The predicted octanol–water partition coefficient (Wildman–Crippen LogP) is 0.804. The molecule has 4 nitrogen and oxygen atoms in total. The Morgan fingerprint density at radius 1 is 1.31 bits per heavy atom. The number of fused-ring (bicyclic) bond motifs is 1. The molecule has 0 aromatic heterocycles. The van der Waals surface area contributed by atoms with Crippen LogP contribution in [-0.4, -0.2) is 24.1 Å². The monoisotopic (exact) mass is 233 g/mol. The van der Waals surface area contributed by atoms with Crippen molar-refractivity contribution < 1.29 is 27.5 Å². The SMILES string of the molecule is O=C1N[C@H]2CC(OC(F)(F)F)=CC=C2C1=O. The molecule has 0 aromatic carbocycles. The molecule has 1 amide bonds. The fraction of sp³-hybridized carbons (Fsp3) is 0.333. The summed E-state index contributed by atoms with van der Waals surface area (Å²) in [6.45, 7) is 0. The number of amides is 1. The lowest BCUT2D eigenvalue weighted by molar-refractivity contribution is -0.306. The van der Waals surface area contributed by atoms with Crippen molar-refractivity contribution in [2.75, 3.05) is 0 Å². The number of Topliss-reactive ketones (excluding diaryl/α,β-unsaturated/α-hetero) is 1. The van der Waals surface area contributed by atoms with Crippen molar-refractivity contribution >= 4 is 11.7 Å². The number of halogens is 3. The first kappa shape index (κ1) is 10.7. The highest BCUT2D eigenvalue weighted by Gasteiger charge is 2.40. The Kier molecular flexibility index (Phi) is 2.25. The molecule has 1 N–H and O–H groups in total. The summed E-state index contributed by atoms with van der Waals surface area (Å²) >= 11 is 0. The van der Waals surface area contributed by atoms with E-state index in [1.807, 2.05) is 0 Å². The van der Waals surface area contributed by atoms with Crippen LogP contribution in [0.5, 0.6) is 0 Å². The molecule has 16 heavy (non-hydrogen) atoms. The van der Waals surface area contributed by atoms with Crippen LogP contribution in [0.1, 0.15) is 6.42 Å². The van der Waals surface area contributed by atoms with Crippen LogP contribution < -0.4 is 5.32 Å². The summed E-state index contributed by atoms with van der Waals surface area (Å²) < 4.78 is 39.4. The van der Waals surface area contributed by atoms with Gasteiger partial charge in [-0.05, 0) is 12.2 Å². The maximum absolute atomic E-state index is 11.9. The minimum atomic E-state index is -4.76. The molecule has 2 rings (SSSR count). The molecule has 86 valence electrons. The van der Waals surface area contributed by atoms with Gasteiger partial charge in [-0.15, -0.1) is 13.2 Å². The van der Waals surface area contributed by atoms with E-state index in [-0.39, 0.29) is 17.8 Å². The van der Waals surface area contributed by atoms with E-state index in [1.54, 1.807) is 0 Å². The summed E-state index contributed by atoms with van der Waals surface area (Å²) in [5.41, 5.74) is 0.180. The van der Waals surface area contributed by atoms with Gasteiger partial charge < -0.3 is 10.1 Å². The van der Waals surface area contributed by atoms with Gasteiger partial charge >= 0.3 is 6.36 Å². The third kappa shape index (κ3) is 1.93. The Morgan fingerprint density at radius 2 is 2.00 bits per heavy atom. The van der Waals surface area contributed by atoms with E-state index in [2.05, 4.69) is 10.1 Å². The van der Waals surface area contributed by atoms with Gasteiger partial charge in [0.25, 0.3) is 5.91 Å². The van der Waals surface area contributed by atoms with Crippen LogP contribution >= 0.6 is 0 Å². The van der Waals surface area contributed by atoms with Crippen molar-refractivity contribution in [1.82, 2.24) is 5.32 Å². The minimum absolute atomic E-state index is 0.164. The van der Waals surface area contributed by atoms with Crippen LogP contribution in [0.2, 0.25) is 0 Å². The number of allylic oxidation sites excluding steroid dienone is 2. The third-order valence-corrected chi connectivity index (χ3v) is 2.25. The molecular formula is C9H6F3NO3. The molecule has 0 spiro atoms. The molecule has 1 aliphatic carbocycles. The Balaban J connectivity index is 2.15. The molecule has 0 aromatic rings. The molecule has 0 unspecified atom stereocenters. The first-order chi connectivity index (χ1) is 7.37. The second kappa shape index (κ2) is 3.36. The standard InChI is InChI=1S/C9H6F3NO3/c10-9(11,12)16-4-1-2-5-6(3-4)13-8(15)7(5)14/h1-2,6H,3H2,(H,13,15)/t6-/m0/s1. The zero-order valence-electron chi connectivity index (χ0n) is 7.80. The van der Waals surface area contributed by atoms with Gasteiger partial charge in [0.05, 0.1) is 6.04 Å². The lowest BCUT2D eigenvalue weighted by Gasteiger charge is -2.19. The van der Waals surface area contributed by atoms with Crippen LogP contribution in [0.3, 0.4) is 0 Å². The van der Waals surface area contributed by atoms with E-state index in [4.69, 9.17) is 0 Å². The van der Waals surface area contributed by atoms with Gasteiger partial charge in [0.1, 0.15) is 5.76 Å². The van der Waals surface area contributed by atoms with Crippen molar-refractivity contribution in [3.63, 3.8) is 0 Å². The van der Waals surface area contributed by atoms with E-state index in [0.29, 0.717) is 0 Å². The summed E-state index contributed by atoms with van der Waals surface area (Å²) in [4.78, 5) is 22.1. The van der Waals surface area contributed by atoms with Crippen molar-refractivity contribution in [2.45, 2.75) is 18.8 Å². The van der Waals surface area contributed by atoms with E-state index < -0.39 is 24.1 Å². The summed E-state index contributed by atoms with van der Waals surface area (Å²) in [7, 11) is 0.